The number of ether oxygens (including phenoxy) is 1. The van der Waals surface area contributed by atoms with Gasteiger partial charge in [0.2, 0.25) is 0 Å². The maximum atomic E-state index is 10.5. The lowest BCUT2D eigenvalue weighted by atomic mass is 10.2. The number of hydrogen-bond acceptors (Lipinski definition) is 4. The number of rotatable bonds is 2. The Morgan fingerprint density at radius 3 is 2.82 bits per heavy atom. The summed E-state index contributed by atoms with van der Waals surface area (Å²) in [5.74, 6) is -1.09. The van der Waals surface area contributed by atoms with Crippen LogP contribution >= 0.6 is 0 Å². The topological polar surface area (TPSA) is 79.2 Å². The summed E-state index contributed by atoms with van der Waals surface area (Å²) in [4.78, 5) is 20.5. The van der Waals surface area contributed by atoms with E-state index in [9.17, 15) is 9.70 Å². The molecule has 0 amide bonds. The molecular formula is C5H8N2O4. The summed E-state index contributed by atoms with van der Waals surface area (Å²) >= 11 is 0. The highest BCUT2D eigenvalue weighted by atomic mass is 16.5. The molecule has 0 unspecified atom stereocenters. The van der Waals surface area contributed by atoms with Crippen molar-refractivity contribution in [3.63, 3.8) is 0 Å². The van der Waals surface area contributed by atoms with Gasteiger partial charge in [-0.1, -0.05) is 0 Å². The summed E-state index contributed by atoms with van der Waals surface area (Å²) in [5.41, 5.74) is 0. The molecule has 1 aliphatic rings. The van der Waals surface area contributed by atoms with Crippen LogP contribution in [0.25, 0.3) is 0 Å². The molecule has 0 aromatic heterocycles. The number of nitrogens with zero attached hydrogens (tertiary/aromatic N) is 2. The molecule has 0 aliphatic carbocycles. The molecule has 0 spiro atoms. The standard InChI is InChI=1S/C5H8N2O4/c1-3-4(5(8)9)7(6-10)2-11-3/h3-4H,2H2,1H3,(H,8,9)/t3-,4+/m0/s1. The average molecular weight is 160 g/mol. The van der Waals surface area contributed by atoms with Gasteiger partial charge in [-0.3, -0.25) is 0 Å². The second-order valence-corrected chi connectivity index (χ2v) is 2.31. The summed E-state index contributed by atoms with van der Waals surface area (Å²) in [7, 11) is 0. The van der Waals surface area contributed by atoms with Crippen LogP contribution in [0.4, 0.5) is 0 Å². The molecule has 1 heterocycles. The van der Waals surface area contributed by atoms with Gasteiger partial charge >= 0.3 is 5.97 Å². The van der Waals surface area contributed by atoms with E-state index >= 15 is 0 Å². The van der Waals surface area contributed by atoms with E-state index in [1.165, 1.54) is 0 Å². The lowest BCUT2D eigenvalue weighted by Gasteiger charge is -2.12. The molecular weight excluding hydrogens is 152 g/mol. The Labute approximate surface area is 62.7 Å². The summed E-state index contributed by atoms with van der Waals surface area (Å²) in [6.07, 6.45) is -0.481. The molecule has 0 bridgehead atoms. The monoisotopic (exact) mass is 160 g/mol. The first-order chi connectivity index (χ1) is 5.16. The summed E-state index contributed by atoms with van der Waals surface area (Å²) in [6.45, 7) is 1.55. The van der Waals surface area contributed by atoms with E-state index in [0.29, 0.717) is 0 Å². The zero-order valence-electron chi connectivity index (χ0n) is 5.93. The zero-order valence-corrected chi connectivity index (χ0v) is 5.93. The third-order valence-electron chi connectivity index (χ3n) is 1.59. The van der Waals surface area contributed by atoms with E-state index in [4.69, 9.17) is 9.84 Å². The quantitative estimate of drug-likeness (QED) is 0.566. The number of carboxylic acid groups (broad SMARTS) is 1. The SMILES string of the molecule is C[C@@H]1OCN(N=O)[C@H]1C(=O)O. The molecule has 1 N–H and O–H groups in total. The van der Waals surface area contributed by atoms with Gasteiger partial charge in [-0.2, -0.15) is 0 Å². The molecule has 2 atom stereocenters. The van der Waals surface area contributed by atoms with Crippen LogP contribution in [0.15, 0.2) is 5.29 Å². The summed E-state index contributed by atoms with van der Waals surface area (Å²) < 4.78 is 4.88. The van der Waals surface area contributed by atoms with Crippen LogP contribution in [0, 0.1) is 4.91 Å². The fourth-order valence-corrected chi connectivity index (χ4v) is 1.01. The predicted molar refractivity (Wildman–Crippen MR) is 34.5 cm³/mol. The highest BCUT2D eigenvalue weighted by Crippen LogP contribution is 2.16. The van der Waals surface area contributed by atoms with Crippen LogP contribution in [0.1, 0.15) is 6.92 Å². The van der Waals surface area contributed by atoms with Crippen molar-refractivity contribution in [2.24, 2.45) is 5.29 Å². The van der Waals surface area contributed by atoms with Crippen molar-refractivity contribution in [3.8, 4) is 0 Å². The van der Waals surface area contributed by atoms with Crippen LogP contribution in [0.3, 0.4) is 0 Å². The molecule has 0 aromatic rings. The highest BCUT2D eigenvalue weighted by molar-refractivity contribution is 5.74. The number of carboxylic acids is 1. The third-order valence-corrected chi connectivity index (χ3v) is 1.59. The van der Waals surface area contributed by atoms with Crippen LogP contribution in [0.5, 0.6) is 0 Å². The van der Waals surface area contributed by atoms with E-state index in [-0.39, 0.29) is 6.73 Å². The number of hydrogen-bond donors (Lipinski definition) is 1. The molecule has 0 aromatic carbocycles. The Morgan fingerprint density at radius 2 is 2.45 bits per heavy atom. The van der Waals surface area contributed by atoms with E-state index in [1.54, 1.807) is 6.92 Å². The first-order valence-electron chi connectivity index (χ1n) is 3.11. The molecule has 11 heavy (non-hydrogen) atoms. The second-order valence-electron chi connectivity index (χ2n) is 2.31. The Hall–Kier alpha value is -1.17. The van der Waals surface area contributed by atoms with Gasteiger partial charge in [-0.15, -0.1) is 4.91 Å². The lowest BCUT2D eigenvalue weighted by Crippen LogP contribution is -2.37. The minimum atomic E-state index is -1.09. The van der Waals surface area contributed by atoms with Crippen molar-refractivity contribution in [3.05, 3.63) is 4.91 Å². The van der Waals surface area contributed by atoms with Gasteiger partial charge in [-0.05, 0) is 6.92 Å². The molecule has 1 fully saturated rings. The molecule has 1 rings (SSSR count). The summed E-state index contributed by atoms with van der Waals surface area (Å²) in [6, 6.07) is -0.938. The molecule has 1 saturated heterocycles. The highest BCUT2D eigenvalue weighted by Gasteiger charge is 2.38. The Bertz CT molecular complexity index is 183. The van der Waals surface area contributed by atoms with E-state index < -0.39 is 18.1 Å². The molecule has 6 nitrogen and oxygen atoms in total. The van der Waals surface area contributed by atoms with Crippen molar-refractivity contribution in [2.75, 3.05) is 6.73 Å². The van der Waals surface area contributed by atoms with Crippen molar-refractivity contribution in [1.29, 1.82) is 0 Å². The molecule has 1 aliphatic heterocycles. The second kappa shape index (κ2) is 2.83. The van der Waals surface area contributed by atoms with Gasteiger partial charge in [0.15, 0.2) is 6.04 Å². The first-order valence-corrected chi connectivity index (χ1v) is 3.11. The first kappa shape index (κ1) is 7.93. The number of carbonyl (C=O) groups is 1. The number of nitroso groups, excluding NO2 is 1. The fraction of sp³-hybridized carbons (Fsp3) is 0.800. The minimum absolute atomic E-state index is 0.0400. The third kappa shape index (κ3) is 1.30. The fourth-order valence-electron chi connectivity index (χ4n) is 1.01. The van der Waals surface area contributed by atoms with Crippen LogP contribution in [-0.2, 0) is 9.53 Å². The molecule has 62 valence electrons. The van der Waals surface area contributed by atoms with Crippen molar-refractivity contribution < 1.29 is 14.6 Å². The van der Waals surface area contributed by atoms with E-state index in [0.717, 1.165) is 5.01 Å². The van der Waals surface area contributed by atoms with Gasteiger partial charge in [0, 0.05) is 0 Å². The summed E-state index contributed by atoms with van der Waals surface area (Å²) in [5, 5.41) is 12.0. The van der Waals surface area contributed by atoms with Crippen LogP contribution in [0.2, 0.25) is 0 Å². The van der Waals surface area contributed by atoms with Gasteiger partial charge in [0.05, 0.1) is 11.4 Å². The van der Waals surface area contributed by atoms with Crippen LogP contribution in [-0.4, -0.2) is 35.0 Å². The Morgan fingerprint density at radius 1 is 1.82 bits per heavy atom. The van der Waals surface area contributed by atoms with E-state index in [2.05, 4.69) is 5.29 Å². The van der Waals surface area contributed by atoms with Crippen molar-refractivity contribution >= 4 is 5.97 Å². The van der Waals surface area contributed by atoms with Gasteiger partial charge in [0.25, 0.3) is 0 Å². The van der Waals surface area contributed by atoms with Crippen molar-refractivity contribution in [2.45, 2.75) is 19.1 Å². The van der Waals surface area contributed by atoms with Gasteiger partial charge in [-0.25, -0.2) is 9.80 Å². The molecule has 0 saturated carbocycles. The van der Waals surface area contributed by atoms with E-state index in [1.807, 2.05) is 0 Å². The molecule has 0 radical (unpaired) electrons. The lowest BCUT2D eigenvalue weighted by molar-refractivity contribution is -0.142. The maximum Gasteiger partial charge on any atom is 0.331 e. The Balaban J connectivity index is 2.70. The van der Waals surface area contributed by atoms with Gasteiger partial charge < -0.3 is 9.84 Å². The predicted octanol–water partition coefficient (Wildman–Crippen LogP) is -0.201. The van der Waals surface area contributed by atoms with Crippen molar-refractivity contribution in [1.82, 2.24) is 5.01 Å². The Kier molecular flexibility index (Phi) is 2.04. The molecule has 6 heteroatoms. The average Bonchev–Trinajstić information content (AvgIpc) is 2.30. The largest absolute Gasteiger partial charge is 0.480 e. The smallest absolute Gasteiger partial charge is 0.331 e. The maximum absolute atomic E-state index is 10.5. The normalized spacial score (nSPS) is 30.5. The minimum Gasteiger partial charge on any atom is -0.480 e. The van der Waals surface area contributed by atoms with Crippen LogP contribution < -0.4 is 0 Å². The zero-order chi connectivity index (χ0) is 8.43. The number of aliphatic carboxylic acids is 1. The van der Waals surface area contributed by atoms with Gasteiger partial charge in [0.1, 0.15) is 6.73 Å².